The molecule has 3 heterocycles. The second-order valence-electron chi connectivity index (χ2n) is 4.25. The fourth-order valence-electron chi connectivity index (χ4n) is 2.22. The third-order valence-corrected chi connectivity index (χ3v) is 3.16. The Morgan fingerprint density at radius 3 is 3.22 bits per heavy atom. The molecule has 96 valence electrons. The van der Waals surface area contributed by atoms with Gasteiger partial charge in [-0.05, 0) is 6.07 Å². The summed E-state index contributed by atoms with van der Waals surface area (Å²) in [7, 11) is 1.30. The van der Waals surface area contributed by atoms with E-state index < -0.39 is 12.3 Å². The molecule has 0 radical (unpaired) electrons. The molecule has 2 saturated heterocycles. The van der Waals surface area contributed by atoms with E-state index >= 15 is 0 Å². The molecule has 0 amide bonds. The van der Waals surface area contributed by atoms with Crippen molar-refractivity contribution in [3.05, 3.63) is 18.0 Å². The SMILES string of the molecule is COC(=O)c1ccn([C@H]2CC(=O)[C@H]3OC[C@@H]2O3)n1. The summed E-state index contributed by atoms with van der Waals surface area (Å²) in [6.45, 7) is 0.370. The highest BCUT2D eigenvalue weighted by molar-refractivity contribution is 5.87. The van der Waals surface area contributed by atoms with Crippen molar-refractivity contribution in [2.75, 3.05) is 13.7 Å². The van der Waals surface area contributed by atoms with Crippen LogP contribution in [0.3, 0.4) is 0 Å². The fraction of sp³-hybridized carbons (Fsp3) is 0.545. The van der Waals surface area contributed by atoms with Gasteiger partial charge in [-0.15, -0.1) is 0 Å². The van der Waals surface area contributed by atoms with E-state index in [0.717, 1.165) is 0 Å². The number of nitrogens with zero attached hydrogens (tertiary/aromatic N) is 2. The summed E-state index contributed by atoms with van der Waals surface area (Å²) in [6, 6.07) is 1.33. The van der Waals surface area contributed by atoms with Crippen LogP contribution in [0.1, 0.15) is 23.0 Å². The Morgan fingerprint density at radius 1 is 1.61 bits per heavy atom. The lowest BCUT2D eigenvalue weighted by atomic mass is 10.0. The molecule has 3 atom stereocenters. The van der Waals surface area contributed by atoms with E-state index in [1.807, 2.05) is 0 Å². The van der Waals surface area contributed by atoms with Gasteiger partial charge < -0.3 is 14.2 Å². The second-order valence-corrected chi connectivity index (χ2v) is 4.25. The number of Topliss-reactive ketones (excluding diaryl/α,β-unsaturated/α-hetero) is 1. The number of hydrogen-bond donors (Lipinski definition) is 0. The van der Waals surface area contributed by atoms with Crippen LogP contribution in [-0.2, 0) is 19.0 Å². The first-order chi connectivity index (χ1) is 8.69. The van der Waals surface area contributed by atoms with Gasteiger partial charge in [0, 0.05) is 12.6 Å². The molecule has 2 fully saturated rings. The van der Waals surface area contributed by atoms with Gasteiger partial charge in [0.1, 0.15) is 6.10 Å². The highest BCUT2D eigenvalue weighted by Crippen LogP contribution is 2.32. The van der Waals surface area contributed by atoms with E-state index in [-0.39, 0.29) is 23.6 Å². The van der Waals surface area contributed by atoms with Crippen molar-refractivity contribution in [3.8, 4) is 0 Å². The molecule has 1 aromatic heterocycles. The molecule has 2 aliphatic heterocycles. The minimum Gasteiger partial charge on any atom is -0.464 e. The molecule has 1 aromatic rings. The summed E-state index contributed by atoms with van der Waals surface area (Å²) in [5, 5.41) is 4.11. The first kappa shape index (κ1) is 11.4. The lowest BCUT2D eigenvalue weighted by molar-refractivity contribution is -0.156. The lowest BCUT2D eigenvalue weighted by Crippen LogP contribution is -2.37. The van der Waals surface area contributed by atoms with Crippen LogP contribution in [0.15, 0.2) is 12.3 Å². The minimum absolute atomic E-state index is 0.0936. The zero-order valence-electron chi connectivity index (χ0n) is 9.74. The molecule has 2 bridgehead atoms. The molecule has 2 aliphatic rings. The van der Waals surface area contributed by atoms with E-state index in [2.05, 4.69) is 9.84 Å². The van der Waals surface area contributed by atoms with Crippen LogP contribution in [-0.4, -0.2) is 47.6 Å². The van der Waals surface area contributed by atoms with Crippen molar-refractivity contribution in [1.82, 2.24) is 9.78 Å². The summed E-state index contributed by atoms with van der Waals surface area (Å²) in [6.07, 6.45) is 1.03. The Hall–Kier alpha value is -1.73. The van der Waals surface area contributed by atoms with Gasteiger partial charge in [0.15, 0.2) is 11.5 Å². The second kappa shape index (κ2) is 4.18. The number of methoxy groups -OCH3 is 1. The van der Waals surface area contributed by atoms with Gasteiger partial charge in [-0.2, -0.15) is 5.10 Å². The van der Waals surface area contributed by atoms with E-state index in [9.17, 15) is 9.59 Å². The smallest absolute Gasteiger partial charge is 0.358 e. The van der Waals surface area contributed by atoms with E-state index in [0.29, 0.717) is 13.0 Å². The highest BCUT2D eigenvalue weighted by atomic mass is 16.7. The van der Waals surface area contributed by atoms with Crippen molar-refractivity contribution in [1.29, 1.82) is 0 Å². The van der Waals surface area contributed by atoms with Crippen molar-refractivity contribution < 1.29 is 23.8 Å². The summed E-state index contributed by atoms with van der Waals surface area (Å²) in [5.41, 5.74) is 0.214. The van der Waals surface area contributed by atoms with Crippen LogP contribution >= 0.6 is 0 Å². The number of hydrogen-bond acceptors (Lipinski definition) is 6. The zero-order chi connectivity index (χ0) is 12.7. The number of carbonyl (C=O) groups excluding carboxylic acids is 2. The topological polar surface area (TPSA) is 79.7 Å². The first-order valence-electron chi connectivity index (χ1n) is 5.62. The predicted octanol–water partition coefficient (Wildman–Crippen LogP) is -0.0749. The highest BCUT2D eigenvalue weighted by Gasteiger charge is 2.44. The Kier molecular flexibility index (Phi) is 2.64. The quantitative estimate of drug-likeness (QED) is 0.685. The normalized spacial score (nSPS) is 30.5. The van der Waals surface area contributed by atoms with Gasteiger partial charge in [0.25, 0.3) is 0 Å². The van der Waals surface area contributed by atoms with Crippen LogP contribution in [0.2, 0.25) is 0 Å². The molecule has 0 N–H and O–H groups in total. The molecule has 0 saturated carbocycles. The van der Waals surface area contributed by atoms with Gasteiger partial charge in [0.2, 0.25) is 6.29 Å². The molecule has 7 nitrogen and oxygen atoms in total. The molecule has 3 rings (SSSR count). The first-order valence-corrected chi connectivity index (χ1v) is 5.62. The predicted molar refractivity (Wildman–Crippen MR) is 56.8 cm³/mol. The third-order valence-electron chi connectivity index (χ3n) is 3.16. The Morgan fingerprint density at radius 2 is 2.44 bits per heavy atom. The summed E-state index contributed by atoms with van der Waals surface area (Å²) in [4.78, 5) is 23.0. The van der Waals surface area contributed by atoms with Crippen LogP contribution in [0, 0.1) is 0 Å². The number of ether oxygens (including phenoxy) is 3. The standard InChI is InChI=1S/C11H12N2O5/c1-16-10(15)6-2-3-13(12-6)7-4-8(14)11-17-5-9(7)18-11/h2-3,7,9,11H,4-5H2,1H3/t7-,9-,11-/m0/s1. The monoisotopic (exact) mass is 252 g/mol. The molecule has 18 heavy (non-hydrogen) atoms. The number of rotatable bonds is 2. The maximum absolute atomic E-state index is 11.6. The average molecular weight is 252 g/mol. The number of ketones is 1. The van der Waals surface area contributed by atoms with Gasteiger partial charge in [-0.25, -0.2) is 4.79 Å². The number of carbonyl (C=O) groups is 2. The molecular formula is C11H12N2O5. The summed E-state index contributed by atoms with van der Waals surface area (Å²) < 4.78 is 16.8. The Labute approximate surface area is 103 Å². The van der Waals surface area contributed by atoms with Crippen LogP contribution in [0.25, 0.3) is 0 Å². The molecule has 0 unspecified atom stereocenters. The van der Waals surface area contributed by atoms with Gasteiger partial charge >= 0.3 is 5.97 Å². The molecule has 0 aliphatic carbocycles. The van der Waals surface area contributed by atoms with E-state index in [1.54, 1.807) is 16.9 Å². The molecule has 7 heteroatoms. The molecule has 0 spiro atoms. The van der Waals surface area contributed by atoms with Gasteiger partial charge in [-0.1, -0.05) is 0 Å². The maximum Gasteiger partial charge on any atom is 0.358 e. The number of fused-ring (bicyclic) bond motifs is 2. The average Bonchev–Trinajstić information content (AvgIpc) is 3.01. The minimum atomic E-state index is -0.720. The van der Waals surface area contributed by atoms with E-state index in [1.165, 1.54) is 7.11 Å². The maximum atomic E-state index is 11.6. The molecular weight excluding hydrogens is 240 g/mol. The van der Waals surface area contributed by atoms with Crippen molar-refractivity contribution in [3.63, 3.8) is 0 Å². The number of esters is 1. The lowest BCUT2D eigenvalue weighted by Gasteiger charge is -2.26. The van der Waals surface area contributed by atoms with Crippen LogP contribution in [0.5, 0.6) is 0 Å². The summed E-state index contributed by atoms with van der Waals surface area (Å²) in [5.74, 6) is -0.596. The zero-order valence-corrected chi connectivity index (χ0v) is 9.74. The van der Waals surface area contributed by atoms with Gasteiger partial charge in [-0.3, -0.25) is 9.48 Å². The van der Waals surface area contributed by atoms with Crippen LogP contribution < -0.4 is 0 Å². The van der Waals surface area contributed by atoms with Gasteiger partial charge in [0.05, 0.1) is 19.8 Å². The Balaban J connectivity index is 1.84. The number of aromatic nitrogens is 2. The van der Waals surface area contributed by atoms with Crippen molar-refractivity contribution >= 4 is 11.8 Å². The van der Waals surface area contributed by atoms with E-state index in [4.69, 9.17) is 9.47 Å². The van der Waals surface area contributed by atoms with Crippen molar-refractivity contribution in [2.45, 2.75) is 24.9 Å². The third kappa shape index (κ3) is 1.72. The Bertz CT molecular complexity index is 497. The molecule has 0 aromatic carbocycles. The van der Waals surface area contributed by atoms with Crippen molar-refractivity contribution in [2.24, 2.45) is 0 Å². The summed E-state index contributed by atoms with van der Waals surface area (Å²) >= 11 is 0. The van der Waals surface area contributed by atoms with Crippen LogP contribution in [0.4, 0.5) is 0 Å². The fourth-order valence-corrected chi connectivity index (χ4v) is 2.22. The largest absolute Gasteiger partial charge is 0.464 e.